The smallest absolute Gasteiger partial charge is 0.302 e. The van der Waals surface area contributed by atoms with Crippen LogP contribution in [0.25, 0.3) is 0 Å². The van der Waals surface area contributed by atoms with Crippen molar-refractivity contribution in [2.45, 2.75) is 6.42 Å². The van der Waals surface area contributed by atoms with Crippen LogP contribution in [-0.4, -0.2) is 33.7 Å². The van der Waals surface area contributed by atoms with Crippen molar-refractivity contribution in [1.82, 2.24) is 0 Å². The second kappa shape index (κ2) is 5.69. The summed E-state index contributed by atoms with van der Waals surface area (Å²) >= 11 is 3.31. The van der Waals surface area contributed by atoms with Crippen molar-refractivity contribution in [3.63, 3.8) is 0 Å². The lowest BCUT2D eigenvalue weighted by Gasteiger charge is -2.17. The molecule has 1 fully saturated rings. The summed E-state index contributed by atoms with van der Waals surface area (Å²) in [4.78, 5) is 13.4. The first-order valence-electron chi connectivity index (χ1n) is 5.86. The van der Waals surface area contributed by atoms with E-state index < -0.39 is 21.9 Å². The number of rotatable bonds is 4. The Labute approximate surface area is 125 Å². The summed E-state index contributed by atoms with van der Waals surface area (Å²) in [5.41, 5.74) is 0.605. The second-order valence-corrected chi connectivity index (χ2v) is 6.86. The average Bonchev–Trinajstić information content (AvgIpc) is 2.68. The number of ether oxygens (including phenoxy) is 1. The third kappa shape index (κ3) is 3.49. The van der Waals surface area contributed by atoms with Crippen LogP contribution in [0.3, 0.4) is 0 Å². The highest BCUT2D eigenvalue weighted by Crippen LogP contribution is 2.33. The largest absolute Gasteiger partial charge is 0.495 e. The fourth-order valence-corrected chi connectivity index (χ4v) is 3.44. The number of amides is 1. The van der Waals surface area contributed by atoms with Crippen molar-refractivity contribution in [3.8, 4) is 5.75 Å². The Morgan fingerprint density at radius 2 is 2.20 bits per heavy atom. The quantitative estimate of drug-likeness (QED) is 0.766. The number of anilines is 1. The highest BCUT2D eigenvalue weighted by Gasteiger charge is 2.33. The summed E-state index contributed by atoms with van der Waals surface area (Å²) in [5, 5.41) is 0. The number of methoxy groups -OCH3 is 1. The highest BCUT2D eigenvalue weighted by molar-refractivity contribution is 9.10. The number of nitrogens with zero attached hydrogens (tertiary/aromatic N) is 1. The van der Waals surface area contributed by atoms with Crippen LogP contribution in [0.4, 0.5) is 9.57 Å². The van der Waals surface area contributed by atoms with E-state index in [1.165, 1.54) is 12.0 Å². The van der Waals surface area contributed by atoms with Gasteiger partial charge in [0.2, 0.25) is 5.91 Å². The zero-order chi connectivity index (χ0) is 14.9. The van der Waals surface area contributed by atoms with Crippen LogP contribution in [-0.2, 0) is 15.0 Å². The van der Waals surface area contributed by atoms with Gasteiger partial charge in [-0.1, -0.05) is 0 Å². The van der Waals surface area contributed by atoms with Crippen molar-refractivity contribution < 1.29 is 21.8 Å². The Morgan fingerprint density at radius 3 is 2.80 bits per heavy atom. The molecule has 0 aromatic heterocycles. The first kappa shape index (κ1) is 15.2. The molecule has 0 aliphatic carbocycles. The Hall–Kier alpha value is -1.15. The summed E-state index contributed by atoms with van der Waals surface area (Å²) < 4.78 is 39.9. The van der Waals surface area contributed by atoms with Gasteiger partial charge in [0.25, 0.3) is 0 Å². The molecule has 1 aliphatic heterocycles. The number of hydrogen-bond acceptors (Lipinski definition) is 4. The fourth-order valence-electron chi connectivity index (χ4n) is 2.24. The molecule has 0 bridgehead atoms. The Bertz CT molecular complexity index is 634. The zero-order valence-electron chi connectivity index (χ0n) is 10.7. The lowest BCUT2D eigenvalue weighted by Crippen LogP contribution is -2.25. The van der Waals surface area contributed by atoms with Gasteiger partial charge in [-0.05, 0) is 28.1 Å². The van der Waals surface area contributed by atoms with E-state index in [1.807, 2.05) is 0 Å². The maximum atomic E-state index is 12.7. The minimum absolute atomic E-state index is 0.0293. The van der Waals surface area contributed by atoms with E-state index in [1.54, 1.807) is 18.2 Å². The van der Waals surface area contributed by atoms with E-state index in [9.17, 15) is 17.1 Å². The van der Waals surface area contributed by atoms with Gasteiger partial charge in [0, 0.05) is 30.6 Å². The predicted octanol–water partition coefficient (Wildman–Crippen LogP) is 2.11. The molecule has 0 spiro atoms. The molecule has 0 N–H and O–H groups in total. The monoisotopic (exact) mass is 365 g/mol. The molecule has 1 saturated heterocycles. The van der Waals surface area contributed by atoms with Crippen molar-refractivity contribution in [2.75, 3.05) is 24.3 Å². The van der Waals surface area contributed by atoms with Crippen LogP contribution in [0.1, 0.15) is 6.42 Å². The molecule has 20 heavy (non-hydrogen) atoms. The van der Waals surface area contributed by atoms with Crippen LogP contribution in [0.15, 0.2) is 22.7 Å². The van der Waals surface area contributed by atoms with Crippen molar-refractivity contribution >= 4 is 37.7 Å². The number of carbonyl (C=O) groups is 1. The van der Waals surface area contributed by atoms with E-state index in [0.29, 0.717) is 11.4 Å². The second-order valence-electron chi connectivity index (χ2n) is 4.60. The SMILES string of the molecule is COc1cc(N2CC(CS(=O)(=O)F)CC2=O)ccc1Br. The maximum Gasteiger partial charge on any atom is 0.302 e. The Kier molecular flexibility index (Phi) is 4.33. The van der Waals surface area contributed by atoms with E-state index in [-0.39, 0.29) is 18.9 Å². The molecule has 1 unspecified atom stereocenters. The summed E-state index contributed by atoms with van der Waals surface area (Å²) in [7, 11) is -3.06. The molecule has 0 radical (unpaired) electrons. The van der Waals surface area contributed by atoms with Crippen LogP contribution >= 0.6 is 15.9 Å². The van der Waals surface area contributed by atoms with Crippen molar-refractivity contribution in [3.05, 3.63) is 22.7 Å². The molecule has 1 amide bonds. The normalized spacial score (nSPS) is 19.4. The fraction of sp³-hybridized carbons (Fsp3) is 0.417. The molecule has 1 heterocycles. The topological polar surface area (TPSA) is 63.7 Å². The van der Waals surface area contributed by atoms with E-state index >= 15 is 0 Å². The molecule has 0 saturated carbocycles. The van der Waals surface area contributed by atoms with Gasteiger partial charge in [-0.2, -0.15) is 8.42 Å². The van der Waals surface area contributed by atoms with Gasteiger partial charge in [0.15, 0.2) is 0 Å². The number of halogens is 2. The number of benzene rings is 1. The molecular formula is C12H13BrFNO4S. The molecule has 1 aromatic carbocycles. The van der Waals surface area contributed by atoms with Gasteiger partial charge in [0.05, 0.1) is 17.3 Å². The van der Waals surface area contributed by atoms with Crippen LogP contribution < -0.4 is 9.64 Å². The standard InChI is InChI=1S/C12H13BrFNO4S/c1-19-11-5-9(2-3-10(11)13)15-6-8(4-12(15)16)7-20(14,17)18/h2-3,5,8H,4,6-7H2,1H3. The summed E-state index contributed by atoms with van der Waals surface area (Å²) in [6.07, 6.45) is 0.0293. The first-order chi connectivity index (χ1) is 9.30. The van der Waals surface area contributed by atoms with Gasteiger partial charge in [0.1, 0.15) is 5.75 Å². The Balaban J connectivity index is 2.20. The molecule has 1 aliphatic rings. The summed E-state index contributed by atoms with van der Waals surface area (Å²) in [5.74, 6) is -0.796. The third-order valence-electron chi connectivity index (χ3n) is 3.09. The minimum atomic E-state index is -4.57. The highest BCUT2D eigenvalue weighted by atomic mass is 79.9. The minimum Gasteiger partial charge on any atom is -0.495 e. The van der Waals surface area contributed by atoms with Crippen molar-refractivity contribution in [1.29, 1.82) is 0 Å². The van der Waals surface area contributed by atoms with Crippen LogP contribution in [0, 0.1) is 5.92 Å². The lowest BCUT2D eigenvalue weighted by atomic mass is 10.1. The van der Waals surface area contributed by atoms with Gasteiger partial charge >= 0.3 is 10.2 Å². The molecule has 2 rings (SSSR count). The molecular weight excluding hydrogens is 353 g/mol. The van der Waals surface area contributed by atoms with Gasteiger partial charge in [-0.3, -0.25) is 4.79 Å². The zero-order valence-corrected chi connectivity index (χ0v) is 13.1. The maximum absolute atomic E-state index is 12.7. The van der Waals surface area contributed by atoms with E-state index in [0.717, 1.165) is 4.47 Å². The predicted molar refractivity (Wildman–Crippen MR) is 76.0 cm³/mol. The number of carbonyl (C=O) groups excluding carboxylic acids is 1. The van der Waals surface area contributed by atoms with Gasteiger partial charge < -0.3 is 9.64 Å². The summed E-state index contributed by atoms with van der Waals surface area (Å²) in [6, 6.07) is 5.13. The van der Waals surface area contributed by atoms with Crippen LogP contribution in [0.5, 0.6) is 5.75 Å². The Morgan fingerprint density at radius 1 is 1.50 bits per heavy atom. The third-order valence-corrected chi connectivity index (χ3v) is 4.61. The van der Waals surface area contributed by atoms with E-state index in [4.69, 9.17) is 4.74 Å². The van der Waals surface area contributed by atoms with E-state index in [2.05, 4.69) is 15.9 Å². The molecule has 110 valence electrons. The molecule has 1 atom stereocenters. The lowest BCUT2D eigenvalue weighted by molar-refractivity contribution is -0.117. The van der Waals surface area contributed by atoms with Crippen LogP contribution in [0.2, 0.25) is 0 Å². The average molecular weight is 366 g/mol. The van der Waals surface area contributed by atoms with Gasteiger partial charge in [-0.25, -0.2) is 0 Å². The van der Waals surface area contributed by atoms with Gasteiger partial charge in [-0.15, -0.1) is 3.89 Å². The molecule has 1 aromatic rings. The molecule has 8 heteroatoms. The first-order valence-corrected chi connectivity index (χ1v) is 8.21. The number of hydrogen-bond donors (Lipinski definition) is 0. The van der Waals surface area contributed by atoms with Crippen molar-refractivity contribution in [2.24, 2.45) is 5.92 Å². The molecule has 5 nitrogen and oxygen atoms in total. The summed E-state index contributed by atoms with van der Waals surface area (Å²) in [6.45, 7) is 0.187.